The van der Waals surface area contributed by atoms with Crippen LogP contribution >= 0.6 is 0 Å². The van der Waals surface area contributed by atoms with Gasteiger partial charge in [-0.3, -0.25) is 9.59 Å². The van der Waals surface area contributed by atoms with Gasteiger partial charge in [-0.1, -0.05) is 31.2 Å². The number of morpholine rings is 1. The fourth-order valence-electron chi connectivity index (χ4n) is 4.79. The number of anilines is 3. The SMILES string of the molecule is CCc1ccc(C(=O)Nc2cccc(-c3cn4ccnc4c(Nc4ccc(C(=O)N5CCOCC5)cc4)n3)c2)cc1. The quantitative estimate of drug-likeness (QED) is 0.283. The van der Waals surface area contributed by atoms with Gasteiger partial charge in [0, 0.05) is 59.7 Å². The van der Waals surface area contributed by atoms with E-state index in [0.29, 0.717) is 60.3 Å². The van der Waals surface area contributed by atoms with Crippen LogP contribution in [0.4, 0.5) is 17.2 Å². The molecule has 0 atom stereocenters. The molecule has 41 heavy (non-hydrogen) atoms. The van der Waals surface area contributed by atoms with Gasteiger partial charge in [-0.2, -0.15) is 0 Å². The summed E-state index contributed by atoms with van der Waals surface area (Å²) in [6.45, 7) is 4.42. The van der Waals surface area contributed by atoms with Crippen molar-refractivity contribution >= 4 is 34.7 Å². The predicted molar refractivity (Wildman–Crippen MR) is 159 cm³/mol. The zero-order chi connectivity index (χ0) is 28.2. The van der Waals surface area contributed by atoms with Gasteiger partial charge in [-0.15, -0.1) is 0 Å². The van der Waals surface area contributed by atoms with Crippen LogP contribution in [0.3, 0.4) is 0 Å². The number of carbonyl (C=O) groups is 2. The van der Waals surface area contributed by atoms with Gasteiger partial charge >= 0.3 is 0 Å². The number of aromatic nitrogens is 3. The Balaban J connectivity index is 1.22. The molecular formula is C32H30N6O3. The summed E-state index contributed by atoms with van der Waals surface area (Å²) in [4.78, 5) is 36.8. The topological polar surface area (TPSA) is 101 Å². The minimum Gasteiger partial charge on any atom is -0.378 e. The maximum absolute atomic E-state index is 12.8. The molecule has 5 aromatic rings. The first-order valence-corrected chi connectivity index (χ1v) is 13.7. The molecule has 1 aliphatic rings. The number of hydrogen-bond acceptors (Lipinski definition) is 6. The zero-order valence-corrected chi connectivity index (χ0v) is 22.7. The third-order valence-electron chi connectivity index (χ3n) is 7.11. The minimum atomic E-state index is -0.166. The molecule has 0 spiro atoms. The smallest absolute Gasteiger partial charge is 0.255 e. The van der Waals surface area contributed by atoms with E-state index in [1.807, 2.05) is 94.5 Å². The fraction of sp³-hybridized carbons (Fsp3) is 0.188. The molecule has 9 heteroatoms. The van der Waals surface area contributed by atoms with Crippen LogP contribution in [0.15, 0.2) is 91.4 Å². The molecule has 2 N–H and O–H groups in total. The van der Waals surface area contributed by atoms with Gasteiger partial charge in [-0.25, -0.2) is 9.97 Å². The summed E-state index contributed by atoms with van der Waals surface area (Å²) in [5.74, 6) is 0.409. The highest BCUT2D eigenvalue weighted by Crippen LogP contribution is 2.27. The van der Waals surface area contributed by atoms with Crippen molar-refractivity contribution in [1.82, 2.24) is 19.3 Å². The van der Waals surface area contributed by atoms with E-state index in [0.717, 1.165) is 17.7 Å². The van der Waals surface area contributed by atoms with E-state index in [4.69, 9.17) is 9.72 Å². The summed E-state index contributed by atoms with van der Waals surface area (Å²) in [6.07, 6.45) is 6.41. The zero-order valence-electron chi connectivity index (χ0n) is 22.7. The van der Waals surface area contributed by atoms with E-state index < -0.39 is 0 Å². The molecule has 3 heterocycles. The number of rotatable bonds is 7. The Hall–Kier alpha value is -5.02. The molecule has 0 aliphatic carbocycles. The number of nitrogens with zero attached hydrogens (tertiary/aromatic N) is 4. The van der Waals surface area contributed by atoms with E-state index in [1.54, 1.807) is 6.20 Å². The number of amides is 2. The van der Waals surface area contributed by atoms with Crippen molar-refractivity contribution in [3.8, 4) is 11.3 Å². The molecule has 9 nitrogen and oxygen atoms in total. The summed E-state index contributed by atoms with van der Waals surface area (Å²) in [5, 5.41) is 6.35. The van der Waals surface area contributed by atoms with Crippen LogP contribution in [-0.4, -0.2) is 57.4 Å². The Morgan fingerprint density at radius 3 is 2.44 bits per heavy atom. The van der Waals surface area contributed by atoms with Crippen LogP contribution in [0.2, 0.25) is 0 Å². The van der Waals surface area contributed by atoms with Crippen LogP contribution < -0.4 is 10.6 Å². The van der Waals surface area contributed by atoms with Crippen LogP contribution in [-0.2, 0) is 11.2 Å². The van der Waals surface area contributed by atoms with Gasteiger partial charge in [0.25, 0.3) is 11.8 Å². The van der Waals surface area contributed by atoms with Gasteiger partial charge in [0.15, 0.2) is 11.5 Å². The Kier molecular flexibility index (Phi) is 7.42. The molecule has 206 valence electrons. The molecule has 2 aromatic heterocycles. The Labute approximate surface area is 237 Å². The molecule has 2 amide bonds. The second kappa shape index (κ2) is 11.6. The molecule has 0 bridgehead atoms. The molecule has 0 unspecified atom stereocenters. The highest BCUT2D eigenvalue weighted by Gasteiger charge is 2.18. The van der Waals surface area contributed by atoms with E-state index in [-0.39, 0.29) is 11.8 Å². The lowest BCUT2D eigenvalue weighted by molar-refractivity contribution is 0.0303. The molecule has 1 aliphatic heterocycles. The summed E-state index contributed by atoms with van der Waals surface area (Å²) in [6, 6.07) is 22.6. The Bertz CT molecular complexity index is 1690. The molecule has 0 saturated carbocycles. The average molecular weight is 547 g/mol. The first-order valence-electron chi connectivity index (χ1n) is 13.7. The predicted octanol–water partition coefficient (Wildman–Crippen LogP) is 5.43. The third kappa shape index (κ3) is 5.80. The monoisotopic (exact) mass is 546 g/mol. The second-order valence-electron chi connectivity index (χ2n) is 9.83. The van der Waals surface area contributed by atoms with Crippen molar-refractivity contribution in [2.75, 3.05) is 36.9 Å². The first kappa shape index (κ1) is 26.2. The molecular weight excluding hydrogens is 516 g/mol. The third-order valence-corrected chi connectivity index (χ3v) is 7.11. The van der Waals surface area contributed by atoms with Gasteiger partial charge in [0.05, 0.1) is 18.9 Å². The lowest BCUT2D eigenvalue weighted by Gasteiger charge is -2.26. The number of carbonyl (C=O) groups excluding carboxylic acids is 2. The lowest BCUT2D eigenvalue weighted by Crippen LogP contribution is -2.40. The molecule has 1 saturated heterocycles. The summed E-state index contributed by atoms with van der Waals surface area (Å²) >= 11 is 0. The number of benzene rings is 3. The van der Waals surface area contributed by atoms with Crippen molar-refractivity contribution in [1.29, 1.82) is 0 Å². The number of nitrogens with one attached hydrogen (secondary N) is 2. The lowest BCUT2D eigenvalue weighted by atomic mass is 10.1. The number of fused-ring (bicyclic) bond motifs is 1. The van der Waals surface area contributed by atoms with Crippen molar-refractivity contribution in [3.63, 3.8) is 0 Å². The van der Waals surface area contributed by atoms with E-state index in [9.17, 15) is 9.59 Å². The highest BCUT2D eigenvalue weighted by atomic mass is 16.5. The Morgan fingerprint density at radius 2 is 1.68 bits per heavy atom. The largest absolute Gasteiger partial charge is 0.378 e. The molecule has 0 radical (unpaired) electrons. The Morgan fingerprint density at radius 1 is 0.927 bits per heavy atom. The van der Waals surface area contributed by atoms with Crippen LogP contribution in [0.5, 0.6) is 0 Å². The minimum absolute atomic E-state index is 0.000525. The number of aryl methyl sites for hydroxylation is 1. The second-order valence-corrected chi connectivity index (χ2v) is 9.83. The van der Waals surface area contributed by atoms with Crippen molar-refractivity contribution in [2.24, 2.45) is 0 Å². The van der Waals surface area contributed by atoms with E-state index in [1.165, 1.54) is 5.56 Å². The van der Waals surface area contributed by atoms with Crippen LogP contribution in [0, 0.1) is 0 Å². The van der Waals surface area contributed by atoms with Crippen LogP contribution in [0.1, 0.15) is 33.2 Å². The summed E-state index contributed by atoms with van der Waals surface area (Å²) in [7, 11) is 0. The van der Waals surface area contributed by atoms with E-state index in [2.05, 4.69) is 22.5 Å². The number of ether oxygens (including phenoxy) is 1. The molecule has 3 aromatic carbocycles. The van der Waals surface area contributed by atoms with Crippen molar-refractivity contribution in [3.05, 3.63) is 108 Å². The number of hydrogen-bond donors (Lipinski definition) is 2. The molecule has 1 fully saturated rings. The maximum atomic E-state index is 12.8. The van der Waals surface area contributed by atoms with Gasteiger partial charge in [-0.05, 0) is 60.5 Å². The average Bonchev–Trinajstić information content (AvgIpc) is 3.51. The van der Waals surface area contributed by atoms with Gasteiger partial charge in [0.2, 0.25) is 0 Å². The summed E-state index contributed by atoms with van der Waals surface area (Å²) in [5.41, 5.74) is 6.10. The fourth-order valence-corrected chi connectivity index (χ4v) is 4.79. The van der Waals surface area contributed by atoms with E-state index >= 15 is 0 Å². The molecule has 6 rings (SSSR count). The standard InChI is InChI=1S/C32H30N6O3/c1-2-22-6-8-23(9-7-22)31(39)35-27-5-3-4-25(20-27)28-21-38-15-14-33-30(38)29(36-28)34-26-12-10-24(11-13-26)32(40)37-16-18-41-19-17-37/h3-15,20-21H,2,16-19H2,1H3,(H,34,36)(H,35,39). The highest BCUT2D eigenvalue weighted by molar-refractivity contribution is 6.04. The first-order chi connectivity index (χ1) is 20.1. The number of imidazole rings is 1. The maximum Gasteiger partial charge on any atom is 0.255 e. The van der Waals surface area contributed by atoms with Gasteiger partial charge in [0.1, 0.15) is 0 Å². The van der Waals surface area contributed by atoms with Gasteiger partial charge < -0.3 is 24.7 Å². The summed E-state index contributed by atoms with van der Waals surface area (Å²) < 4.78 is 7.26. The normalized spacial score (nSPS) is 13.2. The van der Waals surface area contributed by atoms with Crippen molar-refractivity contribution < 1.29 is 14.3 Å². The van der Waals surface area contributed by atoms with Crippen molar-refractivity contribution in [2.45, 2.75) is 13.3 Å². The van der Waals surface area contributed by atoms with Crippen LogP contribution in [0.25, 0.3) is 16.9 Å².